The van der Waals surface area contributed by atoms with Gasteiger partial charge < -0.3 is 24.3 Å². The van der Waals surface area contributed by atoms with E-state index in [-0.39, 0.29) is 17.5 Å². The Morgan fingerprint density at radius 1 is 1.15 bits per heavy atom. The summed E-state index contributed by atoms with van der Waals surface area (Å²) in [6, 6.07) is 11.0. The number of benzene rings is 2. The smallest absolute Gasteiger partial charge is 0.493 e. The quantitative estimate of drug-likeness (QED) is 0.272. The van der Waals surface area contributed by atoms with Crippen LogP contribution in [0.1, 0.15) is 44.2 Å². The number of imidazole rings is 1. The number of nitrogens with zero attached hydrogens (tertiary/aromatic N) is 2. The number of carbonyl (C=O) groups is 1. The summed E-state index contributed by atoms with van der Waals surface area (Å²) in [4.78, 5) is 28.6. The fraction of sp³-hybridized carbons (Fsp3) is 0.440. The maximum Gasteiger partial charge on any atom is 0.511 e. The normalized spacial score (nSPS) is 14.9. The molecule has 1 fully saturated rings. The summed E-state index contributed by atoms with van der Waals surface area (Å²) in [5.74, 6) is 1.70. The van der Waals surface area contributed by atoms with Gasteiger partial charge in [-0.15, -0.1) is 0 Å². The van der Waals surface area contributed by atoms with Crippen molar-refractivity contribution in [2.45, 2.75) is 45.2 Å². The summed E-state index contributed by atoms with van der Waals surface area (Å²) in [6.45, 7) is 5.34. The highest BCUT2D eigenvalue weighted by Crippen LogP contribution is 2.31. The third-order valence-electron chi connectivity index (χ3n) is 6.21. The first-order chi connectivity index (χ1) is 16.5. The number of piperidine rings is 1. The van der Waals surface area contributed by atoms with Crippen molar-refractivity contribution >= 4 is 17.2 Å². The third-order valence-corrected chi connectivity index (χ3v) is 6.21. The number of hydrogen-bond donors (Lipinski definition) is 2. The molecule has 0 saturated carbocycles. The maximum absolute atomic E-state index is 12.7. The monoisotopic (exact) mass is 469 g/mol. The van der Waals surface area contributed by atoms with Gasteiger partial charge in [0.2, 0.25) is 0 Å². The molecule has 182 valence electrons. The van der Waals surface area contributed by atoms with Gasteiger partial charge in [0, 0.05) is 31.7 Å². The van der Waals surface area contributed by atoms with Crippen molar-refractivity contribution in [1.82, 2.24) is 14.5 Å². The molecule has 1 aliphatic rings. The summed E-state index contributed by atoms with van der Waals surface area (Å²) in [6.07, 6.45) is 2.38. The molecule has 9 nitrogen and oxygen atoms in total. The second-order valence-electron chi connectivity index (χ2n) is 8.54. The van der Waals surface area contributed by atoms with Gasteiger partial charge in [0.25, 0.3) is 0 Å². The topological polar surface area (TPSA) is 106 Å². The Bertz CT molecular complexity index is 1190. The van der Waals surface area contributed by atoms with Gasteiger partial charge in [-0.05, 0) is 49.1 Å². The molecule has 0 bridgehead atoms. The number of fused-ring (bicyclic) bond motifs is 1. The van der Waals surface area contributed by atoms with Crippen LogP contribution in [0.3, 0.4) is 0 Å². The van der Waals surface area contributed by atoms with Gasteiger partial charge in [0.05, 0.1) is 24.8 Å². The molecule has 34 heavy (non-hydrogen) atoms. The first-order valence-corrected chi connectivity index (χ1v) is 11.7. The van der Waals surface area contributed by atoms with Crippen molar-refractivity contribution in [2.75, 3.05) is 26.8 Å². The number of likely N-dealkylation sites (tertiary alicyclic amines) is 1. The zero-order valence-electron chi connectivity index (χ0n) is 19.6. The van der Waals surface area contributed by atoms with Crippen molar-refractivity contribution in [3.05, 3.63) is 52.4 Å². The van der Waals surface area contributed by atoms with Crippen LogP contribution in [0.2, 0.25) is 0 Å². The molecule has 0 radical (unpaired) electrons. The Morgan fingerprint density at radius 2 is 1.94 bits per heavy atom. The zero-order chi connectivity index (χ0) is 24.1. The molecule has 1 aromatic heterocycles. The number of aromatic nitrogens is 2. The molecule has 2 N–H and O–H groups in total. The Hall–Kier alpha value is -3.46. The van der Waals surface area contributed by atoms with Gasteiger partial charge in [-0.3, -0.25) is 9.47 Å². The van der Waals surface area contributed by atoms with E-state index in [2.05, 4.69) is 28.9 Å². The fourth-order valence-corrected chi connectivity index (χ4v) is 4.49. The minimum absolute atomic E-state index is 0.0764. The van der Waals surface area contributed by atoms with Crippen LogP contribution in [-0.4, -0.2) is 52.5 Å². The van der Waals surface area contributed by atoms with Crippen LogP contribution < -0.4 is 19.9 Å². The summed E-state index contributed by atoms with van der Waals surface area (Å²) in [5.41, 5.74) is 2.30. The van der Waals surface area contributed by atoms with Crippen molar-refractivity contribution in [3.63, 3.8) is 0 Å². The van der Waals surface area contributed by atoms with Gasteiger partial charge in [-0.1, -0.05) is 19.4 Å². The second-order valence-corrected chi connectivity index (χ2v) is 8.54. The van der Waals surface area contributed by atoms with Crippen molar-refractivity contribution < 1.29 is 24.1 Å². The largest absolute Gasteiger partial charge is 0.511 e. The van der Waals surface area contributed by atoms with Gasteiger partial charge in [-0.2, -0.15) is 0 Å². The van der Waals surface area contributed by atoms with E-state index < -0.39 is 6.16 Å². The van der Waals surface area contributed by atoms with Gasteiger partial charge >= 0.3 is 11.8 Å². The van der Waals surface area contributed by atoms with E-state index in [0.717, 1.165) is 62.3 Å². The van der Waals surface area contributed by atoms with Crippen molar-refractivity contribution in [1.29, 1.82) is 0 Å². The lowest BCUT2D eigenvalue weighted by Crippen LogP contribution is -2.36. The van der Waals surface area contributed by atoms with E-state index in [0.29, 0.717) is 12.1 Å². The van der Waals surface area contributed by atoms with Crippen LogP contribution in [0.15, 0.2) is 41.2 Å². The SMILES string of the molecule is CCCCOc1cc(CN2CCC(n3c(=O)[nH]c4cc(OC(=O)O)ccc43)CC2)ccc1OC. The molecule has 0 atom stereocenters. The predicted octanol–water partition coefficient (Wildman–Crippen LogP) is 4.41. The van der Waals surface area contributed by atoms with Crippen LogP contribution in [0.5, 0.6) is 17.2 Å². The number of hydrogen-bond acceptors (Lipinski definition) is 6. The van der Waals surface area contributed by atoms with E-state index in [1.54, 1.807) is 29.9 Å². The summed E-state index contributed by atoms with van der Waals surface area (Å²) in [7, 11) is 1.65. The maximum atomic E-state index is 12.7. The van der Waals surface area contributed by atoms with E-state index >= 15 is 0 Å². The molecule has 0 amide bonds. The zero-order valence-corrected chi connectivity index (χ0v) is 19.6. The number of nitrogens with one attached hydrogen (secondary N) is 1. The van der Waals surface area contributed by atoms with Crippen LogP contribution in [0.4, 0.5) is 4.79 Å². The van der Waals surface area contributed by atoms with Crippen molar-refractivity contribution in [2.24, 2.45) is 0 Å². The molecular formula is C25H31N3O6. The van der Waals surface area contributed by atoms with Crippen LogP contribution in [-0.2, 0) is 6.54 Å². The summed E-state index contributed by atoms with van der Waals surface area (Å²) in [5, 5.41) is 8.81. The van der Waals surface area contributed by atoms with E-state index in [1.807, 2.05) is 6.07 Å². The molecule has 0 unspecified atom stereocenters. The highest BCUT2D eigenvalue weighted by molar-refractivity contribution is 5.78. The van der Waals surface area contributed by atoms with Crippen LogP contribution in [0.25, 0.3) is 11.0 Å². The van der Waals surface area contributed by atoms with Gasteiger partial charge in [-0.25, -0.2) is 9.59 Å². The number of methoxy groups -OCH3 is 1. The third kappa shape index (κ3) is 5.36. The first kappa shape index (κ1) is 23.7. The second kappa shape index (κ2) is 10.6. The Kier molecular flexibility index (Phi) is 7.42. The average molecular weight is 470 g/mol. The molecule has 0 aliphatic carbocycles. The van der Waals surface area contributed by atoms with Crippen molar-refractivity contribution in [3.8, 4) is 17.2 Å². The van der Waals surface area contributed by atoms with Gasteiger partial charge in [0.1, 0.15) is 5.75 Å². The first-order valence-electron chi connectivity index (χ1n) is 11.7. The molecule has 2 heterocycles. The number of H-pyrrole nitrogens is 1. The molecule has 4 rings (SSSR count). The molecule has 9 heteroatoms. The van der Waals surface area contributed by atoms with Crippen LogP contribution >= 0.6 is 0 Å². The lowest BCUT2D eigenvalue weighted by atomic mass is 10.0. The van der Waals surface area contributed by atoms with E-state index in [9.17, 15) is 9.59 Å². The molecule has 1 aliphatic heterocycles. The Morgan fingerprint density at radius 3 is 2.65 bits per heavy atom. The molecule has 1 saturated heterocycles. The standard InChI is InChI=1S/C25H31N3O6/c1-3-4-13-33-23-14-17(5-8-22(23)32-2)16-27-11-9-18(10-12-27)28-21-7-6-19(34-25(30)31)15-20(21)26-24(28)29/h5-8,14-15,18H,3-4,9-13,16H2,1-2H3,(H,26,29)(H,30,31). The lowest BCUT2D eigenvalue weighted by Gasteiger charge is -2.32. The Balaban J connectivity index is 1.41. The minimum atomic E-state index is -1.38. The molecule has 2 aromatic carbocycles. The molecular weight excluding hydrogens is 438 g/mol. The highest BCUT2D eigenvalue weighted by Gasteiger charge is 2.24. The van der Waals surface area contributed by atoms with Gasteiger partial charge in [0.15, 0.2) is 11.5 Å². The lowest BCUT2D eigenvalue weighted by molar-refractivity contribution is 0.144. The molecule has 3 aromatic rings. The molecule has 0 spiro atoms. The number of carboxylic acid groups (broad SMARTS) is 1. The number of aromatic amines is 1. The number of ether oxygens (including phenoxy) is 3. The highest BCUT2D eigenvalue weighted by atomic mass is 16.7. The Labute approximate surface area is 197 Å². The average Bonchev–Trinajstić information content (AvgIpc) is 3.14. The van der Waals surface area contributed by atoms with Crippen LogP contribution in [0, 0.1) is 0 Å². The number of rotatable bonds is 9. The number of unbranched alkanes of at least 4 members (excludes halogenated alkanes) is 1. The van der Waals surface area contributed by atoms with E-state index in [4.69, 9.17) is 19.3 Å². The predicted molar refractivity (Wildman–Crippen MR) is 128 cm³/mol. The minimum Gasteiger partial charge on any atom is -0.493 e. The summed E-state index contributed by atoms with van der Waals surface area (Å²) >= 11 is 0. The summed E-state index contributed by atoms with van der Waals surface area (Å²) < 4.78 is 17.8. The fourth-order valence-electron chi connectivity index (χ4n) is 4.49. The van der Waals surface area contributed by atoms with E-state index in [1.165, 1.54) is 5.56 Å².